The first kappa shape index (κ1) is 14.3. The average Bonchev–Trinajstić information content (AvgIpc) is 2.97. The van der Waals surface area contributed by atoms with E-state index in [9.17, 15) is 0 Å². The number of allylic oxidation sites excluding steroid dienone is 1. The van der Waals surface area contributed by atoms with Crippen molar-refractivity contribution in [2.45, 2.75) is 0 Å². The molecule has 5 heteroatoms. The maximum absolute atomic E-state index is 5.29. The van der Waals surface area contributed by atoms with Gasteiger partial charge in [0.2, 0.25) is 5.13 Å². The number of fused-ring (bicyclic) bond motifs is 1. The Labute approximate surface area is 132 Å². The van der Waals surface area contributed by atoms with E-state index in [0.29, 0.717) is 0 Å². The molecule has 3 aromatic rings. The lowest BCUT2D eigenvalue weighted by molar-refractivity contribution is 0.414. The van der Waals surface area contributed by atoms with Crippen molar-refractivity contribution in [2.24, 2.45) is 5.10 Å². The van der Waals surface area contributed by atoms with Crippen LogP contribution in [0.5, 0.6) is 5.75 Å². The Hall–Kier alpha value is -2.66. The Morgan fingerprint density at radius 1 is 1.14 bits per heavy atom. The molecule has 0 fully saturated rings. The minimum absolute atomic E-state index is 0.781. The van der Waals surface area contributed by atoms with Gasteiger partial charge in [0.15, 0.2) is 0 Å². The number of rotatable bonds is 5. The summed E-state index contributed by atoms with van der Waals surface area (Å²) in [7, 11) is 1.66. The zero-order chi connectivity index (χ0) is 15.2. The van der Waals surface area contributed by atoms with Gasteiger partial charge < -0.3 is 4.74 Å². The van der Waals surface area contributed by atoms with Crippen LogP contribution in [0.15, 0.2) is 59.7 Å². The van der Waals surface area contributed by atoms with Crippen molar-refractivity contribution in [1.82, 2.24) is 4.98 Å². The summed E-state index contributed by atoms with van der Waals surface area (Å²) >= 11 is 1.58. The molecule has 4 nitrogen and oxygen atoms in total. The highest BCUT2D eigenvalue weighted by molar-refractivity contribution is 7.22. The molecule has 3 rings (SSSR count). The maximum atomic E-state index is 5.29. The molecule has 1 N–H and O–H groups in total. The molecule has 0 unspecified atom stereocenters. The molecule has 2 aromatic carbocycles. The maximum Gasteiger partial charge on any atom is 0.204 e. The van der Waals surface area contributed by atoms with Gasteiger partial charge in [-0.1, -0.05) is 41.7 Å². The summed E-state index contributed by atoms with van der Waals surface area (Å²) in [5, 5.41) is 4.93. The van der Waals surface area contributed by atoms with Crippen molar-refractivity contribution in [3.63, 3.8) is 0 Å². The Morgan fingerprint density at radius 3 is 2.82 bits per heavy atom. The molecule has 0 aliphatic rings. The lowest BCUT2D eigenvalue weighted by Crippen LogP contribution is -1.87. The van der Waals surface area contributed by atoms with Crippen molar-refractivity contribution < 1.29 is 4.74 Å². The number of nitrogens with one attached hydrogen (secondary N) is 1. The molecule has 0 bridgehead atoms. The molecule has 1 aromatic heterocycles. The van der Waals surface area contributed by atoms with E-state index in [-0.39, 0.29) is 0 Å². The molecule has 0 amide bonds. The lowest BCUT2D eigenvalue weighted by atomic mass is 10.2. The highest BCUT2D eigenvalue weighted by atomic mass is 32.1. The Balaban J connectivity index is 1.63. The molecular weight excluding hydrogens is 294 g/mol. The van der Waals surface area contributed by atoms with E-state index in [1.807, 2.05) is 60.7 Å². The van der Waals surface area contributed by atoms with Gasteiger partial charge in [-0.15, -0.1) is 0 Å². The fourth-order valence-electron chi connectivity index (χ4n) is 2.01. The molecule has 22 heavy (non-hydrogen) atoms. The lowest BCUT2D eigenvalue weighted by Gasteiger charge is -2.02. The number of nitrogens with zero attached hydrogens (tertiary/aromatic N) is 2. The van der Waals surface area contributed by atoms with Gasteiger partial charge in [-0.25, -0.2) is 4.98 Å². The summed E-state index contributed by atoms with van der Waals surface area (Å²) in [5.41, 5.74) is 4.94. The summed E-state index contributed by atoms with van der Waals surface area (Å²) in [6.45, 7) is 0. The molecule has 110 valence electrons. The highest BCUT2D eigenvalue weighted by Gasteiger charge is 2.00. The summed E-state index contributed by atoms with van der Waals surface area (Å²) in [4.78, 5) is 4.45. The van der Waals surface area contributed by atoms with Crippen LogP contribution < -0.4 is 10.2 Å². The van der Waals surface area contributed by atoms with Gasteiger partial charge in [0, 0.05) is 11.8 Å². The molecule has 0 saturated carbocycles. The Morgan fingerprint density at radius 2 is 1.95 bits per heavy atom. The van der Waals surface area contributed by atoms with E-state index in [2.05, 4.69) is 15.5 Å². The molecule has 0 spiro atoms. The van der Waals surface area contributed by atoms with Crippen molar-refractivity contribution in [2.75, 3.05) is 12.5 Å². The highest BCUT2D eigenvalue weighted by Crippen LogP contribution is 2.25. The Bertz CT molecular complexity index is 790. The van der Waals surface area contributed by atoms with Gasteiger partial charge in [0.05, 0.1) is 17.3 Å². The summed E-state index contributed by atoms with van der Waals surface area (Å²) in [6.07, 6.45) is 5.50. The van der Waals surface area contributed by atoms with Gasteiger partial charge in [0.1, 0.15) is 5.75 Å². The van der Waals surface area contributed by atoms with Crippen LogP contribution in [0, 0.1) is 0 Å². The summed E-state index contributed by atoms with van der Waals surface area (Å²) in [5.74, 6) is 0.839. The zero-order valence-corrected chi connectivity index (χ0v) is 12.9. The smallest absolute Gasteiger partial charge is 0.204 e. The number of hydrogen-bond acceptors (Lipinski definition) is 5. The van der Waals surface area contributed by atoms with E-state index in [4.69, 9.17) is 4.74 Å². The fourth-order valence-corrected chi connectivity index (χ4v) is 2.82. The van der Waals surface area contributed by atoms with Crippen LogP contribution in [0.4, 0.5) is 5.13 Å². The van der Waals surface area contributed by atoms with Gasteiger partial charge >= 0.3 is 0 Å². The molecule has 0 radical (unpaired) electrons. The molecule has 0 aliphatic heterocycles. The van der Waals surface area contributed by atoms with Crippen LogP contribution in [0.3, 0.4) is 0 Å². The van der Waals surface area contributed by atoms with E-state index in [0.717, 1.165) is 26.7 Å². The number of hydrazone groups is 1. The van der Waals surface area contributed by atoms with E-state index >= 15 is 0 Å². The van der Waals surface area contributed by atoms with Crippen molar-refractivity contribution in [3.05, 3.63) is 60.2 Å². The third kappa shape index (κ3) is 3.32. The fraction of sp³-hybridized carbons (Fsp3) is 0.0588. The summed E-state index contributed by atoms with van der Waals surface area (Å²) < 4.78 is 6.43. The van der Waals surface area contributed by atoms with E-state index in [1.165, 1.54) is 0 Å². The van der Waals surface area contributed by atoms with Gasteiger partial charge in [-0.2, -0.15) is 5.10 Å². The van der Waals surface area contributed by atoms with Crippen LogP contribution in [0.2, 0.25) is 0 Å². The standard InChI is InChI=1S/C17H15N3OS/c1-21-15-10-4-2-7-13(15)8-6-12-18-20-17-19-14-9-3-5-11-16(14)22-17/h2-12H,1H3,(H,19,20)/b8-6+,18-12-. The van der Waals surface area contributed by atoms with Gasteiger partial charge in [0.25, 0.3) is 0 Å². The first-order valence-corrected chi connectivity index (χ1v) is 7.63. The third-order valence-electron chi connectivity index (χ3n) is 3.03. The van der Waals surface area contributed by atoms with Crippen LogP contribution >= 0.6 is 11.3 Å². The molecular formula is C17H15N3OS. The monoisotopic (exact) mass is 309 g/mol. The van der Waals surface area contributed by atoms with E-state index in [1.54, 1.807) is 24.7 Å². The number of thiazole rings is 1. The van der Waals surface area contributed by atoms with Crippen LogP contribution in [0.1, 0.15) is 5.56 Å². The van der Waals surface area contributed by atoms with Crippen molar-refractivity contribution in [1.29, 1.82) is 0 Å². The molecule has 1 heterocycles. The van der Waals surface area contributed by atoms with Crippen molar-refractivity contribution >= 4 is 39.0 Å². The van der Waals surface area contributed by atoms with Gasteiger partial charge in [-0.05, 0) is 30.4 Å². The van der Waals surface area contributed by atoms with Crippen LogP contribution in [-0.4, -0.2) is 18.3 Å². The quantitative estimate of drug-likeness (QED) is 0.560. The number of methoxy groups -OCH3 is 1. The number of anilines is 1. The minimum Gasteiger partial charge on any atom is -0.496 e. The third-order valence-corrected chi connectivity index (χ3v) is 3.97. The second-order valence-electron chi connectivity index (χ2n) is 4.48. The first-order chi connectivity index (χ1) is 10.9. The second-order valence-corrected chi connectivity index (χ2v) is 5.51. The summed E-state index contributed by atoms with van der Waals surface area (Å²) in [6, 6.07) is 15.8. The number of para-hydroxylation sites is 2. The Kier molecular flexibility index (Phi) is 4.46. The topological polar surface area (TPSA) is 46.5 Å². The number of benzene rings is 2. The molecule has 0 aliphatic carbocycles. The van der Waals surface area contributed by atoms with Crippen molar-refractivity contribution in [3.8, 4) is 5.75 Å². The van der Waals surface area contributed by atoms with Gasteiger partial charge in [-0.3, -0.25) is 5.43 Å². The SMILES string of the molecule is COc1ccccc1/C=C/C=N\Nc1nc2ccccc2s1. The number of ether oxygens (including phenoxy) is 1. The first-order valence-electron chi connectivity index (χ1n) is 6.81. The van der Waals surface area contributed by atoms with E-state index < -0.39 is 0 Å². The second kappa shape index (κ2) is 6.87. The molecule has 0 saturated heterocycles. The normalized spacial score (nSPS) is 11.5. The average molecular weight is 309 g/mol. The predicted octanol–water partition coefficient (Wildman–Crippen LogP) is 4.42. The van der Waals surface area contributed by atoms with Crippen LogP contribution in [0.25, 0.3) is 16.3 Å². The molecule has 0 atom stereocenters. The minimum atomic E-state index is 0.781. The largest absolute Gasteiger partial charge is 0.496 e. The van der Waals surface area contributed by atoms with Crippen LogP contribution in [-0.2, 0) is 0 Å². The number of hydrogen-bond donors (Lipinski definition) is 1. The predicted molar refractivity (Wildman–Crippen MR) is 93.8 cm³/mol. The zero-order valence-electron chi connectivity index (χ0n) is 12.1. The number of aromatic nitrogens is 1.